The molecule has 1 aliphatic rings. The molecule has 4 rings (SSSR count). The molecular weight excluding hydrogens is 430 g/mol. The van der Waals surface area contributed by atoms with Crippen molar-refractivity contribution < 1.29 is 9.53 Å². The average molecular weight is 460 g/mol. The summed E-state index contributed by atoms with van der Waals surface area (Å²) in [6.45, 7) is 11.3. The van der Waals surface area contributed by atoms with Crippen LogP contribution in [0.25, 0.3) is 10.2 Å². The van der Waals surface area contributed by atoms with E-state index in [1.54, 1.807) is 11.3 Å². The van der Waals surface area contributed by atoms with E-state index in [0.29, 0.717) is 6.54 Å². The summed E-state index contributed by atoms with van der Waals surface area (Å²) in [4.78, 5) is 22.6. The minimum Gasteiger partial charge on any atom is -0.379 e. The molecule has 0 saturated carbocycles. The van der Waals surface area contributed by atoms with E-state index in [-0.39, 0.29) is 18.3 Å². The molecule has 166 valence electrons. The second-order valence-electron chi connectivity index (χ2n) is 8.03. The Morgan fingerprint density at radius 2 is 1.87 bits per heavy atom. The number of thiazole rings is 1. The fourth-order valence-corrected chi connectivity index (χ4v) is 4.81. The first-order valence-corrected chi connectivity index (χ1v) is 11.4. The number of ether oxygens (including phenoxy) is 1. The minimum absolute atomic E-state index is 0. The van der Waals surface area contributed by atoms with Gasteiger partial charge in [-0.2, -0.15) is 0 Å². The fraction of sp³-hybridized carbons (Fsp3) is 0.417. The van der Waals surface area contributed by atoms with Crippen molar-refractivity contribution in [3.8, 4) is 0 Å². The van der Waals surface area contributed by atoms with Crippen LogP contribution in [0.3, 0.4) is 0 Å². The van der Waals surface area contributed by atoms with Crippen LogP contribution in [0.2, 0.25) is 0 Å². The summed E-state index contributed by atoms with van der Waals surface area (Å²) in [7, 11) is 0. The highest BCUT2D eigenvalue weighted by Gasteiger charge is 2.22. The van der Waals surface area contributed by atoms with Crippen LogP contribution in [-0.2, 0) is 4.74 Å². The quantitative estimate of drug-likeness (QED) is 0.519. The van der Waals surface area contributed by atoms with Crippen molar-refractivity contribution in [1.29, 1.82) is 0 Å². The summed E-state index contributed by atoms with van der Waals surface area (Å²) in [6.07, 6.45) is 0.908. The number of aromatic nitrogens is 1. The number of benzene rings is 2. The van der Waals surface area contributed by atoms with Crippen molar-refractivity contribution in [2.45, 2.75) is 27.2 Å². The first kappa shape index (κ1) is 23.7. The molecule has 0 aliphatic carbocycles. The molecule has 2 heterocycles. The Balaban J connectivity index is 0.00000272. The van der Waals surface area contributed by atoms with Gasteiger partial charge in [0.1, 0.15) is 0 Å². The van der Waals surface area contributed by atoms with Gasteiger partial charge >= 0.3 is 0 Å². The summed E-state index contributed by atoms with van der Waals surface area (Å²) in [5.74, 6) is 0.0239. The van der Waals surface area contributed by atoms with E-state index in [2.05, 4.69) is 37.8 Å². The second-order valence-corrected chi connectivity index (χ2v) is 9.04. The van der Waals surface area contributed by atoms with Gasteiger partial charge in [0, 0.05) is 31.7 Å². The van der Waals surface area contributed by atoms with E-state index in [4.69, 9.17) is 9.72 Å². The van der Waals surface area contributed by atoms with Gasteiger partial charge in [-0.25, -0.2) is 4.98 Å². The molecule has 0 atom stereocenters. The predicted molar refractivity (Wildman–Crippen MR) is 131 cm³/mol. The zero-order valence-electron chi connectivity index (χ0n) is 18.4. The average Bonchev–Trinajstić information content (AvgIpc) is 3.16. The largest absolute Gasteiger partial charge is 0.379 e. The Kier molecular flexibility index (Phi) is 8.06. The summed E-state index contributed by atoms with van der Waals surface area (Å²) < 4.78 is 6.56. The van der Waals surface area contributed by atoms with E-state index in [1.165, 1.54) is 11.1 Å². The molecule has 0 unspecified atom stereocenters. The van der Waals surface area contributed by atoms with Crippen LogP contribution < -0.4 is 4.90 Å². The Labute approximate surface area is 194 Å². The molecule has 2 aromatic carbocycles. The molecule has 31 heavy (non-hydrogen) atoms. The Morgan fingerprint density at radius 3 is 2.61 bits per heavy atom. The zero-order chi connectivity index (χ0) is 21.1. The third kappa shape index (κ3) is 5.63. The van der Waals surface area contributed by atoms with Gasteiger partial charge in [-0.15, -0.1) is 12.4 Å². The predicted octanol–water partition coefficient (Wildman–Crippen LogP) is 5.01. The third-order valence-electron chi connectivity index (χ3n) is 5.72. The van der Waals surface area contributed by atoms with Crippen LogP contribution in [0.5, 0.6) is 0 Å². The highest BCUT2D eigenvalue weighted by Crippen LogP contribution is 2.31. The molecule has 0 radical (unpaired) electrons. The standard InChI is InChI=1S/C24H29N3O2S.ClH/c1-17-5-8-21-22(15-17)30-24(25-21)27(10-4-9-26-11-13-29-14-12-26)23(28)20-7-6-18(2)19(3)16-20;/h5-8,15-16H,4,9-14H2,1-3H3;1H. The highest BCUT2D eigenvalue weighted by atomic mass is 35.5. The number of hydrogen-bond donors (Lipinski definition) is 0. The maximum absolute atomic E-state index is 13.5. The van der Waals surface area contributed by atoms with E-state index in [9.17, 15) is 4.79 Å². The van der Waals surface area contributed by atoms with E-state index < -0.39 is 0 Å². The van der Waals surface area contributed by atoms with Crippen molar-refractivity contribution >= 4 is 45.0 Å². The summed E-state index contributed by atoms with van der Waals surface area (Å²) in [5.41, 5.74) is 5.21. The zero-order valence-corrected chi connectivity index (χ0v) is 20.0. The highest BCUT2D eigenvalue weighted by molar-refractivity contribution is 7.22. The van der Waals surface area contributed by atoms with Crippen LogP contribution in [0.1, 0.15) is 33.5 Å². The van der Waals surface area contributed by atoms with Crippen molar-refractivity contribution in [3.63, 3.8) is 0 Å². The molecule has 1 amide bonds. The molecule has 1 aromatic heterocycles. The normalized spacial score (nSPS) is 14.4. The Bertz CT molecular complexity index is 1050. The molecular formula is C24H30ClN3O2S. The van der Waals surface area contributed by atoms with Gasteiger partial charge in [-0.1, -0.05) is 23.5 Å². The smallest absolute Gasteiger partial charge is 0.260 e. The SMILES string of the molecule is Cc1ccc2nc(N(CCCN3CCOCC3)C(=O)c3ccc(C)c(C)c3)sc2c1.Cl. The first-order valence-electron chi connectivity index (χ1n) is 10.6. The molecule has 1 aliphatic heterocycles. The number of carbonyl (C=O) groups excluding carboxylic acids is 1. The van der Waals surface area contributed by atoms with Gasteiger partial charge < -0.3 is 4.74 Å². The van der Waals surface area contributed by atoms with Crippen molar-refractivity contribution in [3.05, 3.63) is 58.7 Å². The van der Waals surface area contributed by atoms with Crippen LogP contribution in [0, 0.1) is 20.8 Å². The van der Waals surface area contributed by atoms with Crippen LogP contribution >= 0.6 is 23.7 Å². The topological polar surface area (TPSA) is 45.7 Å². The van der Waals surface area contributed by atoms with Gasteiger partial charge in [0.05, 0.1) is 23.4 Å². The maximum atomic E-state index is 13.5. The molecule has 7 heteroatoms. The number of amides is 1. The first-order chi connectivity index (χ1) is 14.5. The molecule has 0 N–H and O–H groups in total. The molecule has 0 bridgehead atoms. The number of carbonyl (C=O) groups is 1. The summed E-state index contributed by atoms with van der Waals surface area (Å²) in [5, 5.41) is 0.779. The number of rotatable bonds is 6. The van der Waals surface area contributed by atoms with Gasteiger partial charge in [-0.3, -0.25) is 14.6 Å². The lowest BCUT2D eigenvalue weighted by molar-refractivity contribution is 0.0376. The summed E-state index contributed by atoms with van der Waals surface area (Å²) in [6, 6.07) is 12.2. The van der Waals surface area contributed by atoms with Gasteiger partial charge in [-0.05, 0) is 68.1 Å². The van der Waals surface area contributed by atoms with Crippen LogP contribution in [0.4, 0.5) is 5.13 Å². The number of hydrogen-bond acceptors (Lipinski definition) is 5. The van der Waals surface area contributed by atoms with Crippen molar-refractivity contribution in [2.75, 3.05) is 44.3 Å². The molecule has 1 fully saturated rings. The molecule has 5 nitrogen and oxygen atoms in total. The van der Waals surface area contributed by atoms with E-state index >= 15 is 0 Å². The number of fused-ring (bicyclic) bond motifs is 1. The fourth-order valence-electron chi connectivity index (χ4n) is 3.73. The number of anilines is 1. The number of morpholine rings is 1. The monoisotopic (exact) mass is 459 g/mol. The molecule has 3 aromatic rings. The van der Waals surface area contributed by atoms with Crippen LogP contribution in [0.15, 0.2) is 36.4 Å². The maximum Gasteiger partial charge on any atom is 0.260 e. The Morgan fingerprint density at radius 1 is 1.10 bits per heavy atom. The Hall–Kier alpha value is -1.99. The van der Waals surface area contributed by atoms with Crippen molar-refractivity contribution in [2.24, 2.45) is 0 Å². The lowest BCUT2D eigenvalue weighted by Gasteiger charge is -2.27. The van der Waals surface area contributed by atoms with Gasteiger partial charge in [0.2, 0.25) is 0 Å². The van der Waals surface area contributed by atoms with Crippen LogP contribution in [-0.4, -0.2) is 55.2 Å². The number of nitrogens with zero attached hydrogens (tertiary/aromatic N) is 3. The summed E-state index contributed by atoms with van der Waals surface area (Å²) >= 11 is 1.60. The lowest BCUT2D eigenvalue weighted by Crippen LogP contribution is -2.39. The van der Waals surface area contributed by atoms with Crippen molar-refractivity contribution in [1.82, 2.24) is 9.88 Å². The van der Waals surface area contributed by atoms with E-state index in [1.807, 2.05) is 29.2 Å². The minimum atomic E-state index is 0. The second kappa shape index (κ2) is 10.6. The molecule has 0 spiro atoms. The molecule has 1 saturated heterocycles. The van der Waals surface area contributed by atoms with E-state index in [0.717, 1.165) is 65.7 Å². The third-order valence-corrected chi connectivity index (χ3v) is 6.76. The van der Waals surface area contributed by atoms with Gasteiger partial charge in [0.25, 0.3) is 5.91 Å². The lowest BCUT2D eigenvalue weighted by atomic mass is 10.1. The number of halogens is 1. The number of aryl methyl sites for hydroxylation is 3. The van der Waals surface area contributed by atoms with Gasteiger partial charge in [0.15, 0.2) is 5.13 Å².